The van der Waals surface area contributed by atoms with Crippen LogP contribution < -0.4 is 10.6 Å². The van der Waals surface area contributed by atoms with Crippen LogP contribution in [0.5, 0.6) is 0 Å². The van der Waals surface area contributed by atoms with Crippen LogP contribution >= 0.6 is 11.8 Å². The summed E-state index contributed by atoms with van der Waals surface area (Å²) < 4.78 is 1.56. The lowest BCUT2D eigenvalue weighted by Crippen LogP contribution is -2.15. The Labute approximate surface area is 137 Å². The average Bonchev–Trinajstić information content (AvgIpc) is 2.94. The van der Waals surface area contributed by atoms with Gasteiger partial charge in [-0.1, -0.05) is 17.8 Å². The van der Waals surface area contributed by atoms with E-state index < -0.39 is 0 Å². The van der Waals surface area contributed by atoms with Gasteiger partial charge in [0.05, 0.1) is 12.3 Å². The summed E-state index contributed by atoms with van der Waals surface area (Å²) in [6.07, 6.45) is 1.68. The number of allylic oxidation sites excluding steroid dienone is 1. The van der Waals surface area contributed by atoms with E-state index in [-0.39, 0.29) is 17.6 Å². The van der Waals surface area contributed by atoms with E-state index in [4.69, 9.17) is 0 Å². The number of anilines is 2. The van der Waals surface area contributed by atoms with Crippen molar-refractivity contribution in [2.75, 3.05) is 16.4 Å². The number of carbonyl (C=O) groups excluding carboxylic acids is 2. The number of nitrogens with zero attached hydrogens (tertiary/aromatic N) is 4. The van der Waals surface area contributed by atoms with E-state index in [1.54, 1.807) is 35.0 Å². The summed E-state index contributed by atoms with van der Waals surface area (Å²) in [5, 5.41) is 17.2. The molecule has 0 aliphatic rings. The van der Waals surface area contributed by atoms with Crippen molar-refractivity contribution in [2.24, 2.45) is 0 Å². The number of nitrogens with one attached hydrogen (secondary N) is 2. The molecule has 2 aromatic rings. The minimum absolute atomic E-state index is 0.143. The number of hydrogen-bond donors (Lipinski definition) is 2. The molecule has 1 aromatic carbocycles. The highest BCUT2D eigenvalue weighted by molar-refractivity contribution is 7.99. The molecule has 1 heterocycles. The summed E-state index contributed by atoms with van der Waals surface area (Å²) in [6.45, 7) is 5.55. The van der Waals surface area contributed by atoms with Crippen LogP contribution in [0.1, 0.15) is 6.92 Å². The zero-order chi connectivity index (χ0) is 16.7. The Morgan fingerprint density at radius 3 is 2.52 bits per heavy atom. The van der Waals surface area contributed by atoms with Crippen molar-refractivity contribution in [3.8, 4) is 0 Å². The zero-order valence-electron chi connectivity index (χ0n) is 12.5. The maximum atomic E-state index is 11.9. The van der Waals surface area contributed by atoms with Gasteiger partial charge in [-0.05, 0) is 34.7 Å². The molecule has 0 bridgehead atoms. The number of hydrogen-bond acceptors (Lipinski definition) is 6. The van der Waals surface area contributed by atoms with Gasteiger partial charge in [-0.3, -0.25) is 9.59 Å². The molecule has 2 N–H and O–H groups in total. The Balaban J connectivity index is 1.85. The van der Waals surface area contributed by atoms with Gasteiger partial charge in [0, 0.05) is 18.3 Å². The second kappa shape index (κ2) is 8.08. The summed E-state index contributed by atoms with van der Waals surface area (Å²) in [5.41, 5.74) is 1.32. The van der Waals surface area contributed by atoms with Gasteiger partial charge >= 0.3 is 0 Å². The number of aromatic nitrogens is 4. The fourth-order valence-electron chi connectivity index (χ4n) is 1.70. The Morgan fingerprint density at radius 1 is 1.26 bits per heavy atom. The molecule has 2 rings (SSSR count). The number of carbonyl (C=O) groups is 2. The Bertz CT molecular complexity index is 698. The number of tetrazole rings is 1. The van der Waals surface area contributed by atoms with Gasteiger partial charge < -0.3 is 10.6 Å². The summed E-state index contributed by atoms with van der Waals surface area (Å²) >= 11 is 1.24. The van der Waals surface area contributed by atoms with Gasteiger partial charge in [-0.2, -0.15) is 0 Å². The summed E-state index contributed by atoms with van der Waals surface area (Å²) in [4.78, 5) is 22.9. The zero-order valence-corrected chi connectivity index (χ0v) is 13.3. The molecule has 0 saturated heterocycles. The second-order valence-electron chi connectivity index (χ2n) is 4.53. The predicted octanol–water partition coefficient (Wildman–Crippen LogP) is 1.55. The molecule has 2 amide bonds. The maximum absolute atomic E-state index is 11.9. The van der Waals surface area contributed by atoms with Gasteiger partial charge in [-0.15, -0.1) is 11.7 Å². The fraction of sp³-hybridized carbons (Fsp3) is 0.214. The van der Waals surface area contributed by atoms with Crippen molar-refractivity contribution in [3.05, 3.63) is 36.9 Å². The smallest absolute Gasteiger partial charge is 0.234 e. The van der Waals surface area contributed by atoms with E-state index in [1.807, 2.05) is 0 Å². The Hall–Kier alpha value is -2.68. The highest BCUT2D eigenvalue weighted by Crippen LogP contribution is 2.16. The molecule has 0 radical (unpaired) electrons. The lowest BCUT2D eigenvalue weighted by Gasteiger charge is -2.06. The van der Waals surface area contributed by atoms with E-state index in [9.17, 15) is 9.59 Å². The SMILES string of the molecule is C=CCn1nnnc1SCC(=O)Nc1ccc(NC(C)=O)cc1. The fourth-order valence-corrected chi connectivity index (χ4v) is 2.39. The van der Waals surface area contributed by atoms with Gasteiger partial charge in [0.15, 0.2) is 0 Å². The predicted molar refractivity (Wildman–Crippen MR) is 88.1 cm³/mol. The first-order valence-electron chi connectivity index (χ1n) is 6.76. The highest BCUT2D eigenvalue weighted by Gasteiger charge is 2.09. The topological polar surface area (TPSA) is 102 Å². The van der Waals surface area contributed by atoms with Gasteiger partial charge in [-0.25, -0.2) is 4.68 Å². The first-order valence-corrected chi connectivity index (χ1v) is 7.74. The summed E-state index contributed by atoms with van der Waals surface area (Å²) in [5.74, 6) is -0.129. The Kier molecular flexibility index (Phi) is 5.87. The number of amides is 2. The standard InChI is InChI=1S/C14H16N6O2S/c1-3-8-20-14(17-18-19-20)23-9-13(22)16-12-6-4-11(5-7-12)15-10(2)21/h3-7H,1,8-9H2,2H3,(H,15,21)(H,16,22). The van der Waals surface area contributed by atoms with Crippen molar-refractivity contribution in [2.45, 2.75) is 18.6 Å². The van der Waals surface area contributed by atoms with Crippen molar-refractivity contribution in [1.82, 2.24) is 20.2 Å². The number of thioether (sulfide) groups is 1. The van der Waals surface area contributed by atoms with E-state index in [0.29, 0.717) is 23.1 Å². The van der Waals surface area contributed by atoms with E-state index >= 15 is 0 Å². The molecule has 1 aromatic heterocycles. The highest BCUT2D eigenvalue weighted by atomic mass is 32.2. The molecule has 0 aliphatic carbocycles. The maximum Gasteiger partial charge on any atom is 0.234 e. The second-order valence-corrected chi connectivity index (χ2v) is 5.47. The molecule has 0 atom stereocenters. The van der Waals surface area contributed by atoms with Crippen molar-refractivity contribution < 1.29 is 9.59 Å². The molecule has 0 saturated carbocycles. The minimum Gasteiger partial charge on any atom is -0.326 e. The third kappa shape index (κ3) is 5.22. The summed E-state index contributed by atoms with van der Waals surface area (Å²) in [6, 6.07) is 6.87. The van der Waals surface area contributed by atoms with E-state index in [0.717, 1.165) is 0 Å². The molecule has 8 nitrogen and oxygen atoms in total. The van der Waals surface area contributed by atoms with Crippen LogP contribution in [0.4, 0.5) is 11.4 Å². The van der Waals surface area contributed by atoms with Crippen LogP contribution in [0.15, 0.2) is 42.1 Å². The minimum atomic E-state index is -0.171. The van der Waals surface area contributed by atoms with Crippen molar-refractivity contribution in [1.29, 1.82) is 0 Å². The third-order valence-corrected chi connectivity index (χ3v) is 3.58. The quantitative estimate of drug-likeness (QED) is 0.589. The van der Waals surface area contributed by atoms with E-state index in [2.05, 4.69) is 32.7 Å². The summed E-state index contributed by atoms with van der Waals surface area (Å²) in [7, 11) is 0. The Morgan fingerprint density at radius 2 is 1.91 bits per heavy atom. The lowest BCUT2D eigenvalue weighted by atomic mass is 10.3. The molecule has 23 heavy (non-hydrogen) atoms. The molecular weight excluding hydrogens is 316 g/mol. The van der Waals surface area contributed by atoms with Gasteiger partial charge in [0.25, 0.3) is 0 Å². The normalized spacial score (nSPS) is 10.1. The molecule has 9 heteroatoms. The third-order valence-electron chi connectivity index (χ3n) is 2.62. The number of rotatable bonds is 7. The molecule has 120 valence electrons. The first-order chi connectivity index (χ1) is 11.1. The lowest BCUT2D eigenvalue weighted by molar-refractivity contribution is -0.114. The van der Waals surface area contributed by atoms with Gasteiger partial charge in [0.2, 0.25) is 17.0 Å². The number of benzene rings is 1. The van der Waals surface area contributed by atoms with Crippen LogP contribution in [0, 0.1) is 0 Å². The molecule has 0 unspecified atom stereocenters. The monoisotopic (exact) mass is 332 g/mol. The van der Waals surface area contributed by atoms with Crippen molar-refractivity contribution >= 4 is 35.0 Å². The van der Waals surface area contributed by atoms with Crippen LogP contribution in [0.3, 0.4) is 0 Å². The van der Waals surface area contributed by atoms with Crippen LogP contribution in [-0.2, 0) is 16.1 Å². The molecule has 0 fully saturated rings. The van der Waals surface area contributed by atoms with Crippen LogP contribution in [-0.4, -0.2) is 37.8 Å². The average molecular weight is 332 g/mol. The largest absolute Gasteiger partial charge is 0.326 e. The molecule has 0 spiro atoms. The van der Waals surface area contributed by atoms with Gasteiger partial charge in [0.1, 0.15) is 0 Å². The van der Waals surface area contributed by atoms with Crippen molar-refractivity contribution in [3.63, 3.8) is 0 Å². The van der Waals surface area contributed by atoms with Crippen LogP contribution in [0.2, 0.25) is 0 Å². The molecular formula is C14H16N6O2S. The first kappa shape index (κ1) is 16.7. The van der Waals surface area contributed by atoms with E-state index in [1.165, 1.54) is 18.7 Å². The van der Waals surface area contributed by atoms with Crippen LogP contribution in [0.25, 0.3) is 0 Å². The molecule has 0 aliphatic heterocycles.